The van der Waals surface area contributed by atoms with Crippen molar-refractivity contribution < 1.29 is 9.13 Å². The van der Waals surface area contributed by atoms with Gasteiger partial charge in [-0.05, 0) is 38.1 Å². The van der Waals surface area contributed by atoms with E-state index in [9.17, 15) is 4.39 Å². The average molecular weight is 291 g/mol. The summed E-state index contributed by atoms with van der Waals surface area (Å²) in [6.45, 7) is 7.99. The van der Waals surface area contributed by atoms with Gasteiger partial charge in [-0.2, -0.15) is 0 Å². The quantitative estimate of drug-likeness (QED) is 0.851. The maximum atomic E-state index is 14.0. The van der Waals surface area contributed by atoms with E-state index in [2.05, 4.69) is 24.1 Å². The van der Waals surface area contributed by atoms with Crippen molar-refractivity contribution in [2.75, 3.05) is 6.54 Å². The van der Waals surface area contributed by atoms with Gasteiger partial charge in [0.2, 0.25) is 0 Å². The molecule has 0 bridgehead atoms. The third kappa shape index (κ3) is 4.04. The van der Waals surface area contributed by atoms with Gasteiger partial charge in [0.1, 0.15) is 6.61 Å². The predicted molar refractivity (Wildman–Crippen MR) is 80.7 cm³/mol. The van der Waals surface area contributed by atoms with Gasteiger partial charge < -0.3 is 14.6 Å². The Morgan fingerprint density at radius 2 is 2.19 bits per heavy atom. The van der Waals surface area contributed by atoms with Crippen LogP contribution in [0.5, 0.6) is 5.75 Å². The molecular formula is C16H22FN3O. The molecular weight excluding hydrogens is 269 g/mol. The molecule has 0 aliphatic heterocycles. The maximum absolute atomic E-state index is 14.0. The van der Waals surface area contributed by atoms with E-state index in [-0.39, 0.29) is 11.6 Å². The van der Waals surface area contributed by atoms with E-state index in [4.69, 9.17) is 4.74 Å². The number of ether oxygens (including phenoxy) is 1. The highest BCUT2D eigenvalue weighted by molar-refractivity contribution is 5.29. The van der Waals surface area contributed by atoms with Gasteiger partial charge in [0.15, 0.2) is 11.6 Å². The van der Waals surface area contributed by atoms with Crippen LogP contribution in [0.4, 0.5) is 4.39 Å². The lowest BCUT2D eigenvalue weighted by Gasteiger charge is -2.13. The first-order valence-electron chi connectivity index (χ1n) is 7.24. The minimum atomic E-state index is -0.332. The van der Waals surface area contributed by atoms with E-state index >= 15 is 0 Å². The van der Waals surface area contributed by atoms with Crippen molar-refractivity contribution in [1.82, 2.24) is 14.9 Å². The molecule has 4 nitrogen and oxygen atoms in total. The molecule has 0 fully saturated rings. The number of benzene rings is 1. The highest BCUT2D eigenvalue weighted by Gasteiger charge is 2.09. The molecule has 1 aromatic heterocycles. The Kier molecular flexibility index (Phi) is 5.33. The maximum Gasteiger partial charge on any atom is 0.165 e. The van der Waals surface area contributed by atoms with Crippen LogP contribution in [0, 0.1) is 5.82 Å². The molecule has 114 valence electrons. The lowest BCUT2D eigenvalue weighted by Crippen LogP contribution is -2.12. The number of halogens is 1. The van der Waals surface area contributed by atoms with Crippen LogP contribution in [-0.2, 0) is 13.2 Å². The van der Waals surface area contributed by atoms with Crippen LogP contribution in [0.1, 0.15) is 38.1 Å². The molecule has 0 saturated carbocycles. The van der Waals surface area contributed by atoms with Crippen LogP contribution in [0.2, 0.25) is 0 Å². The van der Waals surface area contributed by atoms with E-state index in [1.54, 1.807) is 18.6 Å². The normalized spacial score (nSPS) is 11.1. The predicted octanol–water partition coefficient (Wildman–Crippen LogP) is 3.29. The lowest BCUT2D eigenvalue weighted by atomic mass is 10.2. The SMILES string of the molecule is CCNCc1ccc(OCc2cncn2C(C)C)c(F)c1. The third-order valence-corrected chi connectivity index (χ3v) is 3.25. The van der Waals surface area contributed by atoms with Gasteiger partial charge >= 0.3 is 0 Å². The summed E-state index contributed by atoms with van der Waals surface area (Å²) in [4.78, 5) is 4.11. The number of aromatic nitrogens is 2. The summed E-state index contributed by atoms with van der Waals surface area (Å²) in [5.41, 5.74) is 1.84. The van der Waals surface area contributed by atoms with E-state index in [0.29, 0.717) is 19.2 Å². The third-order valence-electron chi connectivity index (χ3n) is 3.25. The topological polar surface area (TPSA) is 39.1 Å². The highest BCUT2D eigenvalue weighted by atomic mass is 19.1. The van der Waals surface area contributed by atoms with Crippen molar-refractivity contribution in [2.45, 2.75) is 40.0 Å². The molecule has 2 rings (SSSR count). The van der Waals surface area contributed by atoms with Gasteiger partial charge in [-0.25, -0.2) is 9.37 Å². The van der Waals surface area contributed by atoms with E-state index in [1.807, 2.05) is 17.6 Å². The second-order valence-corrected chi connectivity index (χ2v) is 5.22. The molecule has 0 spiro atoms. The molecule has 2 aromatic rings. The number of hydrogen-bond acceptors (Lipinski definition) is 3. The highest BCUT2D eigenvalue weighted by Crippen LogP contribution is 2.20. The summed E-state index contributed by atoms with van der Waals surface area (Å²) >= 11 is 0. The zero-order valence-corrected chi connectivity index (χ0v) is 12.8. The molecule has 21 heavy (non-hydrogen) atoms. The summed E-state index contributed by atoms with van der Waals surface area (Å²) in [6.07, 6.45) is 3.51. The number of rotatable bonds is 7. The molecule has 0 amide bonds. The smallest absolute Gasteiger partial charge is 0.165 e. The van der Waals surface area contributed by atoms with Gasteiger partial charge in [0.25, 0.3) is 0 Å². The van der Waals surface area contributed by atoms with Gasteiger partial charge in [-0.1, -0.05) is 13.0 Å². The van der Waals surface area contributed by atoms with Gasteiger partial charge in [-0.15, -0.1) is 0 Å². The van der Waals surface area contributed by atoms with Crippen molar-refractivity contribution in [1.29, 1.82) is 0 Å². The van der Waals surface area contributed by atoms with Crippen molar-refractivity contribution in [3.8, 4) is 5.75 Å². The van der Waals surface area contributed by atoms with Crippen molar-refractivity contribution in [3.05, 3.63) is 47.8 Å². The standard InChI is InChI=1S/C16H22FN3O/c1-4-18-8-13-5-6-16(15(17)7-13)21-10-14-9-19-11-20(14)12(2)3/h5-7,9,11-12,18H,4,8,10H2,1-3H3. The zero-order chi connectivity index (χ0) is 15.2. The minimum absolute atomic E-state index is 0.270. The molecule has 5 heteroatoms. The van der Waals surface area contributed by atoms with Crippen molar-refractivity contribution in [3.63, 3.8) is 0 Å². The summed E-state index contributed by atoms with van der Waals surface area (Å²) in [5, 5.41) is 3.17. The fraction of sp³-hybridized carbons (Fsp3) is 0.438. The second kappa shape index (κ2) is 7.22. The number of hydrogen-bond donors (Lipinski definition) is 1. The molecule has 0 saturated heterocycles. The Morgan fingerprint density at radius 1 is 1.38 bits per heavy atom. The van der Waals surface area contributed by atoms with Crippen LogP contribution in [0.15, 0.2) is 30.7 Å². The lowest BCUT2D eigenvalue weighted by molar-refractivity contribution is 0.278. The molecule has 1 N–H and O–H groups in total. The summed E-state index contributed by atoms with van der Waals surface area (Å²) in [5.74, 6) is -0.0623. The summed E-state index contributed by atoms with van der Waals surface area (Å²) < 4.78 is 21.6. The molecule has 0 aliphatic carbocycles. The van der Waals surface area contributed by atoms with Gasteiger partial charge in [0, 0.05) is 12.6 Å². The fourth-order valence-corrected chi connectivity index (χ4v) is 2.10. The first-order valence-corrected chi connectivity index (χ1v) is 7.24. The molecule has 0 atom stereocenters. The Bertz CT molecular complexity index is 581. The Balaban J connectivity index is 2.01. The minimum Gasteiger partial charge on any atom is -0.484 e. The van der Waals surface area contributed by atoms with E-state index in [0.717, 1.165) is 17.8 Å². The monoisotopic (exact) mass is 291 g/mol. The molecule has 0 aliphatic rings. The van der Waals surface area contributed by atoms with Crippen LogP contribution >= 0.6 is 0 Å². The van der Waals surface area contributed by atoms with Crippen molar-refractivity contribution >= 4 is 0 Å². The average Bonchev–Trinajstić information content (AvgIpc) is 2.92. The summed E-state index contributed by atoms with van der Waals surface area (Å²) in [7, 11) is 0. The van der Waals surface area contributed by atoms with Crippen LogP contribution in [0.25, 0.3) is 0 Å². The largest absolute Gasteiger partial charge is 0.484 e. The Labute approximate surface area is 125 Å². The van der Waals surface area contributed by atoms with Crippen LogP contribution in [-0.4, -0.2) is 16.1 Å². The zero-order valence-electron chi connectivity index (χ0n) is 12.8. The summed E-state index contributed by atoms with van der Waals surface area (Å²) in [6, 6.07) is 5.37. The molecule has 0 unspecified atom stereocenters. The molecule has 1 aromatic carbocycles. The first kappa shape index (κ1) is 15.5. The second-order valence-electron chi connectivity index (χ2n) is 5.22. The number of nitrogens with zero attached hydrogens (tertiary/aromatic N) is 2. The number of imidazole rings is 1. The Hall–Kier alpha value is -1.88. The Morgan fingerprint density at radius 3 is 2.86 bits per heavy atom. The van der Waals surface area contributed by atoms with Gasteiger partial charge in [-0.3, -0.25) is 0 Å². The van der Waals surface area contributed by atoms with Crippen LogP contribution < -0.4 is 10.1 Å². The first-order chi connectivity index (χ1) is 10.1. The fourth-order valence-electron chi connectivity index (χ4n) is 2.10. The van der Waals surface area contributed by atoms with E-state index < -0.39 is 0 Å². The van der Waals surface area contributed by atoms with Gasteiger partial charge in [0.05, 0.1) is 18.2 Å². The van der Waals surface area contributed by atoms with E-state index in [1.165, 1.54) is 6.07 Å². The van der Waals surface area contributed by atoms with Crippen LogP contribution in [0.3, 0.4) is 0 Å². The number of nitrogens with one attached hydrogen (secondary N) is 1. The molecule has 0 radical (unpaired) electrons. The van der Waals surface area contributed by atoms with Crippen molar-refractivity contribution in [2.24, 2.45) is 0 Å². The molecule has 1 heterocycles.